The van der Waals surface area contributed by atoms with Crippen LogP contribution in [-0.2, 0) is 14.8 Å². The van der Waals surface area contributed by atoms with E-state index in [0.717, 1.165) is 5.56 Å². The number of benzene rings is 1. The third-order valence-electron chi connectivity index (χ3n) is 4.71. The van der Waals surface area contributed by atoms with Crippen LogP contribution in [0.2, 0.25) is 5.02 Å². The molecule has 1 aromatic heterocycles. The lowest BCUT2D eigenvalue weighted by Crippen LogP contribution is -2.40. The molecular formula is C19H25ClN4O3S. The highest BCUT2D eigenvalue weighted by Crippen LogP contribution is 2.26. The molecule has 28 heavy (non-hydrogen) atoms. The summed E-state index contributed by atoms with van der Waals surface area (Å²) in [6.45, 7) is 2.15. The van der Waals surface area contributed by atoms with Crippen LogP contribution in [0.5, 0.6) is 0 Å². The van der Waals surface area contributed by atoms with Crippen LogP contribution in [0.4, 0.5) is 5.82 Å². The number of aromatic nitrogens is 1. The molecule has 0 amide bonds. The van der Waals surface area contributed by atoms with Crippen molar-refractivity contribution in [3.63, 3.8) is 0 Å². The highest BCUT2D eigenvalue weighted by atomic mass is 35.5. The topological polar surface area (TPSA) is 74.8 Å². The second-order valence-electron chi connectivity index (χ2n) is 6.78. The van der Waals surface area contributed by atoms with Gasteiger partial charge in [0.25, 0.3) is 0 Å². The zero-order valence-corrected chi connectivity index (χ0v) is 17.6. The molecule has 1 aromatic carbocycles. The molecule has 0 unspecified atom stereocenters. The smallest absolute Gasteiger partial charge is 0.244 e. The van der Waals surface area contributed by atoms with Crippen molar-refractivity contribution in [2.24, 2.45) is 0 Å². The van der Waals surface area contributed by atoms with E-state index in [2.05, 4.69) is 15.2 Å². The summed E-state index contributed by atoms with van der Waals surface area (Å²) in [4.78, 5) is 6.55. The first-order valence-corrected chi connectivity index (χ1v) is 10.9. The van der Waals surface area contributed by atoms with E-state index in [1.165, 1.54) is 10.5 Å². The van der Waals surface area contributed by atoms with Crippen LogP contribution in [0.25, 0.3) is 0 Å². The van der Waals surface area contributed by atoms with Crippen molar-refractivity contribution in [3.8, 4) is 0 Å². The fourth-order valence-corrected chi connectivity index (χ4v) is 4.71. The van der Waals surface area contributed by atoms with Crippen molar-refractivity contribution in [2.45, 2.75) is 10.9 Å². The summed E-state index contributed by atoms with van der Waals surface area (Å²) in [5.41, 5.74) is 1.02. The first-order valence-electron chi connectivity index (χ1n) is 9.08. The molecule has 2 heterocycles. The standard InChI is InChI=1S/C19H25ClN4O3S/c1-23(2)18(16-5-3-4-6-17(16)20)14-22-19-8-7-15(13-21-19)28(25,26)24-9-11-27-12-10-24/h3-8,13,18H,9-12,14H2,1-2H3,(H,21,22)/t18-/m1/s1. The summed E-state index contributed by atoms with van der Waals surface area (Å²) < 4.78 is 32.0. The molecule has 0 saturated carbocycles. The van der Waals surface area contributed by atoms with Crippen LogP contribution in [0.15, 0.2) is 47.5 Å². The minimum absolute atomic E-state index is 0.0484. The van der Waals surface area contributed by atoms with Crippen molar-refractivity contribution in [1.82, 2.24) is 14.2 Å². The van der Waals surface area contributed by atoms with Crippen molar-refractivity contribution >= 4 is 27.4 Å². The summed E-state index contributed by atoms with van der Waals surface area (Å²) in [6, 6.07) is 11.1. The van der Waals surface area contributed by atoms with Crippen molar-refractivity contribution in [3.05, 3.63) is 53.2 Å². The second-order valence-corrected chi connectivity index (χ2v) is 9.12. The van der Waals surface area contributed by atoms with Crippen LogP contribution >= 0.6 is 11.6 Å². The SMILES string of the molecule is CN(C)[C@H](CNc1ccc(S(=O)(=O)N2CCOCC2)cn1)c1ccccc1Cl. The predicted molar refractivity (Wildman–Crippen MR) is 110 cm³/mol. The number of nitrogens with zero attached hydrogens (tertiary/aromatic N) is 3. The van der Waals surface area contributed by atoms with Gasteiger partial charge in [0.15, 0.2) is 0 Å². The van der Waals surface area contributed by atoms with Crippen LogP contribution < -0.4 is 5.32 Å². The Bertz CT molecular complexity index is 884. The minimum Gasteiger partial charge on any atom is -0.379 e. The number of hydrogen-bond acceptors (Lipinski definition) is 6. The Kier molecular flexibility index (Phi) is 6.90. The maximum absolute atomic E-state index is 12.7. The summed E-state index contributed by atoms with van der Waals surface area (Å²) in [7, 11) is 0.440. The first kappa shape index (κ1) is 21.0. The molecule has 1 fully saturated rings. The number of pyridine rings is 1. The number of ether oxygens (including phenoxy) is 1. The van der Waals surface area contributed by atoms with Gasteiger partial charge in [0.1, 0.15) is 10.7 Å². The fraction of sp³-hybridized carbons (Fsp3) is 0.421. The van der Waals surface area contributed by atoms with E-state index in [1.807, 2.05) is 38.4 Å². The summed E-state index contributed by atoms with van der Waals surface area (Å²) >= 11 is 6.34. The van der Waals surface area contributed by atoms with Gasteiger partial charge in [-0.05, 0) is 37.9 Å². The number of hydrogen-bond donors (Lipinski definition) is 1. The lowest BCUT2D eigenvalue weighted by Gasteiger charge is -2.26. The molecule has 0 radical (unpaired) electrons. The normalized spacial score (nSPS) is 16.9. The Labute approximate surface area is 171 Å². The molecule has 152 valence electrons. The number of halogens is 1. The zero-order valence-electron chi connectivity index (χ0n) is 16.0. The van der Waals surface area contributed by atoms with Gasteiger partial charge in [-0.1, -0.05) is 29.8 Å². The van der Waals surface area contributed by atoms with E-state index in [0.29, 0.717) is 43.7 Å². The maximum atomic E-state index is 12.7. The number of nitrogens with one attached hydrogen (secondary N) is 1. The Hall–Kier alpha value is -1.71. The number of sulfonamides is 1. The predicted octanol–water partition coefficient (Wildman–Crippen LogP) is 2.47. The molecule has 1 saturated heterocycles. The van der Waals surface area contributed by atoms with Crippen LogP contribution in [-0.4, -0.2) is 69.6 Å². The molecule has 1 aliphatic heterocycles. The van der Waals surface area contributed by atoms with E-state index < -0.39 is 10.0 Å². The van der Waals surface area contributed by atoms with E-state index in [4.69, 9.17) is 16.3 Å². The van der Waals surface area contributed by atoms with Crippen LogP contribution in [0.1, 0.15) is 11.6 Å². The number of morpholine rings is 1. The summed E-state index contributed by atoms with van der Waals surface area (Å²) in [5.74, 6) is 0.611. The third kappa shape index (κ3) is 4.82. The minimum atomic E-state index is -3.53. The molecule has 9 heteroatoms. The van der Waals surface area contributed by atoms with Crippen LogP contribution in [0, 0.1) is 0 Å². The van der Waals surface area contributed by atoms with Crippen LogP contribution in [0.3, 0.4) is 0 Å². The average Bonchev–Trinajstić information content (AvgIpc) is 2.70. The molecule has 0 bridgehead atoms. The average molecular weight is 425 g/mol. The van der Waals surface area contributed by atoms with E-state index in [-0.39, 0.29) is 10.9 Å². The van der Waals surface area contributed by atoms with Gasteiger partial charge in [0.05, 0.1) is 19.3 Å². The Balaban J connectivity index is 1.69. The monoisotopic (exact) mass is 424 g/mol. The molecule has 0 aliphatic carbocycles. The highest BCUT2D eigenvalue weighted by Gasteiger charge is 2.26. The highest BCUT2D eigenvalue weighted by molar-refractivity contribution is 7.89. The molecule has 7 nitrogen and oxygen atoms in total. The zero-order chi connectivity index (χ0) is 20.1. The lowest BCUT2D eigenvalue weighted by atomic mass is 10.1. The van der Waals surface area contributed by atoms with Gasteiger partial charge >= 0.3 is 0 Å². The maximum Gasteiger partial charge on any atom is 0.244 e. The largest absolute Gasteiger partial charge is 0.379 e. The third-order valence-corrected chi connectivity index (χ3v) is 6.93. The molecule has 3 rings (SSSR count). The van der Waals surface area contributed by atoms with E-state index in [9.17, 15) is 8.42 Å². The summed E-state index contributed by atoms with van der Waals surface area (Å²) in [6.07, 6.45) is 1.40. The van der Waals surface area contributed by atoms with Gasteiger partial charge in [0, 0.05) is 30.9 Å². The van der Waals surface area contributed by atoms with Gasteiger partial charge in [-0.15, -0.1) is 0 Å². The molecule has 1 aliphatic rings. The number of likely N-dealkylation sites (N-methyl/N-ethyl adjacent to an activating group) is 1. The number of rotatable bonds is 7. The van der Waals surface area contributed by atoms with Gasteiger partial charge < -0.3 is 15.0 Å². The van der Waals surface area contributed by atoms with Crippen molar-refractivity contribution < 1.29 is 13.2 Å². The summed E-state index contributed by atoms with van der Waals surface area (Å²) in [5, 5.41) is 3.98. The van der Waals surface area contributed by atoms with Gasteiger partial charge in [-0.3, -0.25) is 0 Å². The van der Waals surface area contributed by atoms with Crippen molar-refractivity contribution in [2.75, 3.05) is 52.3 Å². The van der Waals surface area contributed by atoms with Gasteiger partial charge in [0.2, 0.25) is 10.0 Å². The quantitative estimate of drug-likeness (QED) is 0.736. The van der Waals surface area contributed by atoms with E-state index in [1.54, 1.807) is 12.1 Å². The molecule has 1 N–H and O–H groups in total. The molecule has 1 atom stereocenters. The fourth-order valence-electron chi connectivity index (χ4n) is 3.09. The van der Waals surface area contributed by atoms with Gasteiger partial charge in [-0.25, -0.2) is 13.4 Å². The Morgan fingerprint density at radius 1 is 1.21 bits per heavy atom. The van der Waals surface area contributed by atoms with E-state index >= 15 is 0 Å². The van der Waals surface area contributed by atoms with Crippen molar-refractivity contribution in [1.29, 1.82) is 0 Å². The van der Waals surface area contributed by atoms with Gasteiger partial charge in [-0.2, -0.15) is 4.31 Å². The number of anilines is 1. The Morgan fingerprint density at radius 2 is 1.93 bits per heavy atom. The second kappa shape index (κ2) is 9.19. The lowest BCUT2D eigenvalue weighted by molar-refractivity contribution is 0.0730. The Morgan fingerprint density at radius 3 is 2.54 bits per heavy atom. The first-order chi connectivity index (χ1) is 13.4. The molecular weight excluding hydrogens is 400 g/mol. The molecule has 0 spiro atoms. The molecule has 2 aromatic rings.